The monoisotopic (exact) mass is 346 g/mol. The quantitative estimate of drug-likeness (QED) is 0.599. The number of hydrogen-bond acceptors (Lipinski definition) is 3. The van der Waals surface area contributed by atoms with Crippen molar-refractivity contribution in [1.29, 1.82) is 0 Å². The normalized spacial score (nSPS) is 14.2. The van der Waals surface area contributed by atoms with Crippen LogP contribution in [0, 0.1) is 5.92 Å². The summed E-state index contributed by atoms with van der Waals surface area (Å²) in [7, 11) is 0. The molecule has 1 aliphatic carbocycles. The van der Waals surface area contributed by atoms with Gasteiger partial charge < -0.3 is 15.7 Å². The fraction of sp³-hybridized carbons (Fsp3) is 0.526. The van der Waals surface area contributed by atoms with Crippen molar-refractivity contribution in [2.45, 2.75) is 57.9 Å². The summed E-state index contributed by atoms with van der Waals surface area (Å²) in [5.74, 6) is -0.728. The Kier molecular flexibility index (Phi) is 7.44. The van der Waals surface area contributed by atoms with Crippen molar-refractivity contribution < 1.29 is 19.5 Å². The molecule has 1 aromatic carbocycles. The minimum Gasteiger partial charge on any atom is -0.481 e. The van der Waals surface area contributed by atoms with Crippen LogP contribution in [-0.2, 0) is 20.9 Å². The van der Waals surface area contributed by atoms with Crippen LogP contribution in [0.25, 0.3) is 0 Å². The van der Waals surface area contributed by atoms with Crippen LogP contribution >= 0.6 is 0 Å². The van der Waals surface area contributed by atoms with Gasteiger partial charge in [-0.05, 0) is 43.4 Å². The third-order valence-corrected chi connectivity index (χ3v) is 4.45. The lowest BCUT2D eigenvalue weighted by molar-refractivity contribution is -0.137. The van der Waals surface area contributed by atoms with Gasteiger partial charge in [0.05, 0.1) is 0 Å². The predicted octanol–water partition coefficient (Wildman–Crippen LogP) is 3.08. The Morgan fingerprint density at radius 1 is 1.08 bits per heavy atom. The van der Waals surface area contributed by atoms with Crippen molar-refractivity contribution in [3.8, 4) is 0 Å². The fourth-order valence-corrected chi connectivity index (χ4v) is 3.04. The van der Waals surface area contributed by atoms with Crippen LogP contribution in [0.15, 0.2) is 24.3 Å². The Labute approximate surface area is 148 Å². The lowest BCUT2D eigenvalue weighted by Gasteiger charge is -2.12. The summed E-state index contributed by atoms with van der Waals surface area (Å²) in [6.07, 6.45) is 5.66. The molecule has 2 rings (SSSR count). The van der Waals surface area contributed by atoms with Crippen molar-refractivity contribution >= 4 is 23.5 Å². The first kappa shape index (κ1) is 19.0. The van der Waals surface area contributed by atoms with E-state index in [1.807, 2.05) is 24.3 Å². The first-order valence-electron chi connectivity index (χ1n) is 8.93. The highest BCUT2D eigenvalue weighted by molar-refractivity contribution is 5.92. The van der Waals surface area contributed by atoms with E-state index in [4.69, 9.17) is 5.11 Å². The van der Waals surface area contributed by atoms with Crippen molar-refractivity contribution in [3.05, 3.63) is 29.8 Å². The van der Waals surface area contributed by atoms with Gasteiger partial charge in [0.25, 0.3) is 0 Å². The van der Waals surface area contributed by atoms with E-state index in [1.165, 1.54) is 0 Å². The molecule has 0 atom stereocenters. The van der Waals surface area contributed by atoms with Crippen LogP contribution in [0.1, 0.15) is 56.9 Å². The van der Waals surface area contributed by atoms with Gasteiger partial charge in [0, 0.05) is 31.0 Å². The molecule has 136 valence electrons. The van der Waals surface area contributed by atoms with Gasteiger partial charge in [0.1, 0.15) is 0 Å². The maximum Gasteiger partial charge on any atom is 0.303 e. The highest BCUT2D eigenvalue weighted by Crippen LogP contribution is 2.26. The number of carbonyl (C=O) groups is 3. The van der Waals surface area contributed by atoms with Crippen molar-refractivity contribution in [1.82, 2.24) is 5.32 Å². The van der Waals surface area contributed by atoms with Gasteiger partial charge in [-0.2, -0.15) is 0 Å². The average Bonchev–Trinajstić information content (AvgIpc) is 3.12. The maximum atomic E-state index is 12.2. The zero-order valence-corrected chi connectivity index (χ0v) is 14.4. The van der Waals surface area contributed by atoms with Crippen molar-refractivity contribution in [2.24, 2.45) is 5.92 Å². The topological polar surface area (TPSA) is 95.5 Å². The summed E-state index contributed by atoms with van der Waals surface area (Å²) in [4.78, 5) is 34.4. The lowest BCUT2D eigenvalue weighted by atomic mass is 10.1. The Bertz CT molecular complexity index is 609. The molecule has 3 N–H and O–H groups in total. The van der Waals surface area contributed by atoms with E-state index >= 15 is 0 Å². The predicted molar refractivity (Wildman–Crippen MR) is 95.0 cm³/mol. The molecule has 0 unspecified atom stereocenters. The van der Waals surface area contributed by atoms with Gasteiger partial charge in [-0.25, -0.2) is 0 Å². The number of carbonyl (C=O) groups excluding carboxylic acids is 2. The molecule has 25 heavy (non-hydrogen) atoms. The molecule has 0 bridgehead atoms. The second-order valence-electron chi connectivity index (χ2n) is 6.55. The van der Waals surface area contributed by atoms with E-state index in [0.717, 1.165) is 36.9 Å². The van der Waals surface area contributed by atoms with Crippen LogP contribution in [0.4, 0.5) is 5.69 Å². The number of unbranched alkanes of at least 4 members (excludes halogenated alkanes) is 1. The number of anilines is 1. The third-order valence-electron chi connectivity index (χ3n) is 4.45. The molecule has 0 saturated heterocycles. The number of rotatable bonds is 9. The first-order valence-corrected chi connectivity index (χ1v) is 8.93. The molecule has 0 aliphatic heterocycles. The summed E-state index contributed by atoms with van der Waals surface area (Å²) >= 11 is 0. The van der Waals surface area contributed by atoms with Gasteiger partial charge in [-0.15, -0.1) is 0 Å². The number of benzene rings is 1. The Morgan fingerprint density at radius 2 is 1.80 bits per heavy atom. The molecule has 1 fully saturated rings. The van der Waals surface area contributed by atoms with E-state index in [9.17, 15) is 14.4 Å². The molecular formula is C19H26N2O4. The Hall–Kier alpha value is -2.37. The Morgan fingerprint density at radius 3 is 2.52 bits per heavy atom. The second-order valence-corrected chi connectivity index (χ2v) is 6.55. The molecule has 1 saturated carbocycles. The minimum atomic E-state index is -0.836. The zero-order chi connectivity index (χ0) is 18.1. The van der Waals surface area contributed by atoms with Gasteiger partial charge >= 0.3 is 5.97 Å². The van der Waals surface area contributed by atoms with Crippen LogP contribution in [0.2, 0.25) is 0 Å². The number of carboxylic acid groups (broad SMARTS) is 1. The van der Waals surface area contributed by atoms with Crippen LogP contribution in [0.3, 0.4) is 0 Å². The van der Waals surface area contributed by atoms with Gasteiger partial charge in [0.2, 0.25) is 11.8 Å². The largest absolute Gasteiger partial charge is 0.481 e. The molecule has 0 radical (unpaired) electrons. The summed E-state index contributed by atoms with van der Waals surface area (Å²) in [6.45, 7) is 0.394. The molecular weight excluding hydrogens is 320 g/mol. The van der Waals surface area contributed by atoms with Crippen LogP contribution in [0.5, 0.6) is 0 Å². The van der Waals surface area contributed by atoms with Gasteiger partial charge in [0.15, 0.2) is 0 Å². The summed E-state index contributed by atoms with van der Waals surface area (Å²) in [5, 5.41) is 14.3. The first-order chi connectivity index (χ1) is 12.0. The maximum absolute atomic E-state index is 12.2. The van der Waals surface area contributed by atoms with Crippen molar-refractivity contribution in [2.75, 3.05) is 5.32 Å². The molecule has 0 heterocycles. The standard InChI is InChI=1S/C19H26N2O4/c22-17(10-3-4-11-18(23)24)20-13-14-6-5-9-16(12-14)21-19(25)15-7-1-2-8-15/h5-6,9,12,15H,1-4,7-8,10-11,13H2,(H,20,22)(H,21,25)(H,23,24). The Balaban J connectivity index is 1.74. The smallest absolute Gasteiger partial charge is 0.303 e. The SMILES string of the molecule is O=C(O)CCCCC(=O)NCc1cccc(NC(=O)C2CCCC2)c1. The van der Waals surface area contributed by atoms with Crippen molar-refractivity contribution in [3.63, 3.8) is 0 Å². The van der Waals surface area contributed by atoms with Crippen LogP contribution in [-0.4, -0.2) is 22.9 Å². The molecule has 2 amide bonds. The number of aliphatic carboxylic acids is 1. The minimum absolute atomic E-state index is 0.0807. The second kappa shape index (κ2) is 9.81. The number of hydrogen-bond donors (Lipinski definition) is 3. The molecule has 6 heteroatoms. The molecule has 1 aliphatic rings. The molecule has 0 aromatic heterocycles. The number of carboxylic acids is 1. The van der Waals surface area contributed by atoms with E-state index in [1.54, 1.807) is 0 Å². The average molecular weight is 346 g/mol. The number of amides is 2. The summed E-state index contributed by atoms with van der Waals surface area (Å²) in [5.41, 5.74) is 1.67. The lowest BCUT2D eigenvalue weighted by Crippen LogP contribution is -2.23. The zero-order valence-electron chi connectivity index (χ0n) is 14.4. The van der Waals surface area contributed by atoms with Crippen LogP contribution < -0.4 is 10.6 Å². The van der Waals surface area contributed by atoms with Gasteiger partial charge in [-0.1, -0.05) is 25.0 Å². The molecule has 0 spiro atoms. The highest BCUT2D eigenvalue weighted by Gasteiger charge is 2.22. The van der Waals surface area contributed by atoms with E-state index in [2.05, 4.69) is 10.6 Å². The third kappa shape index (κ3) is 6.95. The summed E-state index contributed by atoms with van der Waals surface area (Å²) < 4.78 is 0. The van der Waals surface area contributed by atoms with E-state index in [0.29, 0.717) is 25.8 Å². The van der Waals surface area contributed by atoms with E-state index in [-0.39, 0.29) is 24.2 Å². The molecule has 6 nitrogen and oxygen atoms in total. The van der Waals surface area contributed by atoms with E-state index < -0.39 is 5.97 Å². The summed E-state index contributed by atoms with van der Waals surface area (Å²) in [6, 6.07) is 7.48. The van der Waals surface area contributed by atoms with Gasteiger partial charge in [-0.3, -0.25) is 14.4 Å². The number of nitrogens with one attached hydrogen (secondary N) is 2. The molecule has 1 aromatic rings. The highest BCUT2D eigenvalue weighted by atomic mass is 16.4. The fourth-order valence-electron chi connectivity index (χ4n) is 3.04.